The molecule has 9 nitrogen and oxygen atoms in total. The van der Waals surface area contributed by atoms with E-state index in [1.807, 2.05) is 54.6 Å². The number of aromatic nitrogens is 3. The van der Waals surface area contributed by atoms with Gasteiger partial charge < -0.3 is 13.8 Å². The van der Waals surface area contributed by atoms with Crippen molar-refractivity contribution < 1.29 is 18.8 Å². The Labute approximate surface area is 201 Å². The highest BCUT2D eigenvalue weighted by Gasteiger charge is 2.20. The van der Waals surface area contributed by atoms with Gasteiger partial charge in [0.05, 0.1) is 23.1 Å². The van der Waals surface area contributed by atoms with Gasteiger partial charge in [-0.05, 0) is 38.0 Å². The van der Waals surface area contributed by atoms with Gasteiger partial charge in [0.25, 0.3) is 11.5 Å². The van der Waals surface area contributed by atoms with E-state index in [1.165, 1.54) is 6.92 Å². The lowest BCUT2D eigenvalue weighted by Crippen LogP contribution is -2.30. The molecule has 0 aliphatic carbocycles. The minimum atomic E-state index is -1.04. The Hall–Kier alpha value is -4.27. The van der Waals surface area contributed by atoms with Crippen LogP contribution in [0.15, 0.2) is 70.0 Å². The van der Waals surface area contributed by atoms with E-state index in [-0.39, 0.29) is 30.0 Å². The first-order valence-electron chi connectivity index (χ1n) is 11.4. The number of carbonyl (C=O) groups is 2. The molecule has 2 heterocycles. The molecule has 0 bridgehead atoms. The summed E-state index contributed by atoms with van der Waals surface area (Å²) in [5.41, 5.74) is 3.20. The number of anilines is 1. The predicted octanol–water partition coefficient (Wildman–Crippen LogP) is 3.44. The highest BCUT2D eigenvalue weighted by atomic mass is 16.5. The molecule has 180 valence electrons. The predicted molar refractivity (Wildman–Crippen MR) is 130 cm³/mol. The van der Waals surface area contributed by atoms with Crippen LogP contribution in [0.3, 0.4) is 0 Å². The number of hydrogen-bond acceptors (Lipinski definition) is 7. The second kappa shape index (κ2) is 10.8. The molecule has 2 aromatic heterocycles. The normalized spacial score (nSPS) is 11.8. The van der Waals surface area contributed by atoms with Gasteiger partial charge in [-0.25, -0.2) is 4.98 Å². The number of aryl methyl sites for hydroxylation is 4. The summed E-state index contributed by atoms with van der Waals surface area (Å²) < 4.78 is 11.9. The Morgan fingerprint density at radius 2 is 1.83 bits per heavy atom. The second-order valence-corrected chi connectivity index (χ2v) is 8.19. The van der Waals surface area contributed by atoms with Gasteiger partial charge in [0.2, 0.25) is 5.88 Å². The summed E-state index contributed by atoms with van der Waals surface area (Å²) >= 11 is 0. The lowest BCUT2D eigenvalue weighted by atomic mass is 10.1. The van der Waals surface area contributed by atoms with Crippen molar-refractivity contribution in [1.82, 2.24) is 14.7 Å². The van der Waals surface area contributed by atoms with Gasteiger partial charge in [-0.15, -0.1) is 0 Å². The van der Waals surface area contributed by atoms with Crippen LogP contribution in [0.2, 0.25) is 0 Å². The summed E-state index contributed by atoms with van der Waals surface area (Å²) in [5.74, 6) is -0.972. The number of nitrogens with one attached hydrogen (secondary N) is 1. The van der Waals surface area contributed by atoms with Crippen LogP contribution in [-0.2, 0) is 33.7 Å². The quantitative estimate of drug-likeness (QED) is 0.369. The Kier molecular flexibility index (Phi) is 7.35. The fraction of sp³-hybridized carbons (Fsp3) is 0.269. The van der Waals surface area contributed by atoms with Gasteiger partial charge in [-0.3, -0.25) is 19.7 Å². The van der Waals surface area contributed by atoms with E-state index >= 15 is 0 Å². The fourth-order valence-electron chi connectivity index (χ4n) is 3.69. The zero-order valence-electron chi connectivity index (χ0n) is 19.6. The first kappa shape index (κ1) is 23.9. The molecule has 1 amide bonds. The van der Waals surface area contributed by atoms with Crippen molar-refractivity contribution in [2.24, 2.45) is 0 Å². The summed E-state index contributed by atoms with van der Waals surface area (Å²) in [4.78, 5) is 42.3. The maximum absolute atomic E-state index is 13.2. The van der Waals surface area contributed by atoms with Gasteiger partial charge in [0.15, 0.2) is 6.10 Å². The number of para-hydroxylation sites is 2. The number of esters is 1. The highest BCUT2D eigenvalue weighted by molar-refractivity contribution is 5.94. The fourth-order valence-corrected chi connectivity index (χ4v) is 3.69. The summed E-state index contributed by atoms with van der Waals surface area (Å²) in [5, 5.41) is 6.18. The minimum Gasteiger partial charge on any atom is -0.453 e. The number of nitrogens with zero attached hydrogens (tertiary/aromatic N) is 3. The molecular formula is C26H26N4O5. The Balaban J connectivity index is 1.42. The molecule has 2 aromatic carbocycles. The Morgan fingerprint density at radius 1 is 1.09 bits per heavy atom. The van der Waals surface area contributed by atoms with E-state index in [1.54, 1.807) is 17.6 Å². The van der Waals surface area contributed by atoms with Crippen molar-refractivity contribution in [1.29, 1.82) is 0 Å². The zero-order chi connectivity index (χ0) is 24.8. The number of ether oxygens (including phenoxy) is 1. The van der Waals surface area contributed by atoms with Crippen molar-refractivity contribution in [3.8, 4) is 0 Å². The third kappa shape index (κ3) is 6.00. The molecular weight excluding hydrogens is 448 g/mol. The van der Waals surface area contributed by atoms with Crippen LogP contribution < -0.4 is 10.9 Å². The highest BCUT2D eigenvalue weighted by Crippen LogP contribution is 2.13. The van der Waals surface area contributed by atoms with Gasteiger partial charge in [0, 0.05) is 19.0 Å². The molecule has 9 heteroatoms. The van der Waals surface area contributed by atoms with E-state index < -0.39 is 18.0 Å². The molecule has 0 saturated heterocycles. The minimum absolute atomic E-state index is 0.0850. The van der Waals surface area contributed by atoms with E-state index in [2.05, 4.69) is 15.5 Å². The number of benzene rings is 2. The Bertz CT molecular complexity index is 1390. The van der Waals surface area contributed by atoms with Crippen molar-refractivity contribution in [3.05, 3.63) is 88.0 Å². The molecule has 4 aromatic rings. The summed E-state index contributed by atoms with van der Waals surface area (Å²) in [6.07, 6.45) is -0.338. The topological polar surface area (TPSA) is 116 Å². The van der Waals surface area contributed by atoms with Crippen molar-refractivity contribution in [3.63, 3.8) is 0 Å². The molecule has 0 radical (unpaired) electrons. The van der Waals surface area contributed by atoms with Crippen molar-refractivity contribution in [2.45, 2.75) is 45.8 Å². The molecule has 1 atom stereocenters. The van der Waals surface area contributed by atoms with E-state index in [0.29, 0.717) is 24.2 Å². The average Bonchev–Trinajstić information content (AvgIpc) is 3.27. The molecule has 0 fully saturated rings. The number of fused-ring (bicyclic) bond motifs is 1. The van der Waals surface area contributed by atoms with Crippen LogP contribution >= 0.6 is 0 Å². The molecule has 0 aliphatic rings. The number of amides is 1. The van der Waals surface area contributed by atoms with Gasteiger partial charge >= 0.3 is 5.97 Å². The van der Waals surface area contributed by atoms with Crippen LogP contribution in [-0.4, -0.2) is 32.7 Å². The maximum Gasteiger partial charge on any atom is 0.306 e. The third-order valence-electron chi connectivity index (χ3n) is 5.50. The van der Waals surface area contributed by atoms with E-state index in [4.69, 9.17) is 9.26 Å². The molecule has 0 spiro atoms. The van der Waals surface area contributed by atoms with Crippen molar-refractivity contribution in [2.75, 3.05) is 5.32 Å². The van der Waals surface area contributed by atoms with Crippen LogP contribution in [0.4, 0.5) is 5.88 Å². The lowest BCUT2D eigenvalue weighted by Gasteiger charge is -2.14. The molecule has 35 heavy (non-hydrogen) atoms. The largest absolute Gasteiger partial charge is 0.453 e. The van der Waals surface area contributed by atoms with Crippen LogP contribution in [0.25, 0.3) is 11.0 Å². The first-order valence-corrected chi connectivity index (χ1v) is 11.4. The number of carbonyl (C=O) groups excluding carboxylic acids is 2. The SMILES string of the molecule is Cc1cc(NC(=O)C(C)OC(=O)CCc2nc3ccccc3n(CCc3ccccc3)c2=O)on1. The summed E-state index contributed by atoms with van der Waals surface area (Å²) in [6, 6.07) is 18.9. The van der Waals surface area contributed by atoms with Crippen LogP contribution in [0.5, 0.6) is 0 Å². The van der Waals surface area contributed by atoms with Gasteiger partial charge in [-0.1, -0.05) is 47.6 Å². The first-order chi connectivity index (χ1) is 16.9. The van der Waals surface area contributed by atoms with E-state index in [0.717, 1.165) is 11.1 Å². The second-order valence-electron chi connectivity index (χ2n) is 8.19. The number of rotatable bonds is 9. The summed E-state index contributed by atoms with van der Waals surface area (Å²) in [7, 11) is 0. The number of hydrogen-bond donors (Lipinski definition) is 1. The molecule has 0 saturated carbocycles. The Morgan fingerprint density at radius 3 is 2.57 bits per heavy atom. The third-order valence-corrected chi connectivity index (χ3v) is 5.50. The summed E-state index contributed by atoms with van der Waals surface area (Å²) in [6.45, 7) is 3.67. The van der Waals surface area contributed by atoms with Crippen LogP contribution in [0.1, 0.15) is 30.3 Å². The molecule has 1 N–H and O–H groups in total. The van der Waals surface area contributed by atoms with Crippen molar-refractivity contribution >= 4 is 28.8 Å². The molecule has 0 aliphatic heterocycles. The molecule has 1 unspecified atom stereocenters. The van der Waals surface area contributed by atoms with E-state index in [9.17, 15) is 14.4 Å². The average molecular weight is 475 g/mol. The lowest BCUT2D eigenvalue weighted by molar-refractivity contribution is -0.153. The van der Waals surface area contributed by atoms with Gasteiger partial charge in [0.1, 0.15) is 5.69 Å². The van der Waals surface area contributed by atoms with Crippen LogP contribution in [0, 0.1) is 6.92 Å². The standard InChI is InChI=1S/C26H26N4O5/c1-17-16-23(35-29-17)28-25(32)18(2)34-24(31)13-12-21-26(33)30(15-14-19-8-4-3-5-9-19)22-11-7-6-10-20(22)27-21/h3-11,16,18H,12-15H2,1-2H3,(H,28,32). The smallest absolute Gasteiger partial charge is 0.306 e. The monoisotopic (exact) mass is 474 g/mol. The zero-order valence-corrected chi connectivity index (χ0v) is 19.6. The molecule has 4 rings (SSSR count). The maximum atomic E-state index is 13.2. The van der Waals surface area contributed by atoms with Gasteiger partial charge in [-0.2, -0.15) is 0 Å².